The molecule has 1 rings (SSSR count). The summed E-state index contributed by atoms with van der Waals surface area (Å²) in [4.78, 5) is 0.309. The third kappa shape index (κ3) is 4.45. The molecule has 108 valence electrons. The van der Waals surface area contributed by atoms with Gasteiger partial charge in [0.25, 0.3) is 0 Å². The van der Waals surface area contributed by atoms with Crippen molar-refractivity contribution < 1.29 is 13.2 Å². The summed E-state index contributed by atoms with van der Waals surface area (Å²) in [7, 11) is -1.88. The van der Waals surface area contributed by atoms with E-state index in [-0.39, 0.29) is 0 Å². The maximum absolute atomic E-state index is 12.4. The molecule has 6 heteroatoms. The second-order valence-electron chi connectivity index (χ2n) is 4.07. The van der Waals surface area contributed by atoms with Crippen molar-refractivity contribution in [1.29, 1.82) is 0 Å². The Labute approximate surface area is 120 Å². The van der Waals surface area contributed by atoms with Gasteiger partial charge in [-0.3, -0.25) is 0 Å². The van der Waals surface area contributed by atoms with Crippen LogP contribution in [0.2, 0.25) is 0 Å². The number of likely N-dealkylation sites (N-methyl/N-ethyl adjacent to an activating group) is 1. The number of nitrogens with zero attached hydrogens (tertiary/aromatic N) is 1. The molecule has 0 N–H and O–H groups in total. The van der Waals surface area contributed by atoms with Crippen LogP contribution in [0.4, 0.5) is 0 Å². The Kier molecular flexibility index (Phi) is 6.79. The summed E-state index contributed by atoms with van der Waals surface area (Å²) in [6.07, 6.45) is 0.739. The van der Waals surface area contributed by atoms with Crippen LogP contribution >= 0.6 is 11.6 Å². The Hall–Kier alpha value is -0.620. The van der Waals surface area contributed by atoms with Crippen molar-refractivity contribution in [3.05, 3.63) is 29.8 Å². The number of rotatable bonds is 8. The van der Waals surface area contributed by atoms with Gasteiger partial charge in [-0.15, -0.1) is 11.6 Å². The molecule has 0 heterocycles. The highest BCUT2D eigenvalue weighted by atomic mass is 35.5. The molecule has 0 unspecified atom stereocenters. The van der Waals surface area contributed by atoms with Crippen LogP contribution in [0.25, 0.3) is 0 Å². The summed E-state index contributed by atoms with van der Waals surface area (Å²) in [5, 5.41) is 0. The number of methoxy groups -OCH3 is 1. The van der Waals surface area contributed by atoms with Crippen molar-refractivity contribution in [2.24, 2.45) is 0 Å². The number of alkyl halides is 1. The summed E-state index contributed by atoms with van der Waals surface area (Å²) in [6.45, 7) is 2.99. The Balaban J connectivity index is 2.91. The van der Waals surface area contributed by atoms with E-state index < -0.39 is 10.0 Å². The molecule has 4 nitrogen and oxygen atoms in total. The highest BCUT2D eigenvalue weighted by Crippen LogP contribution is 2.16. The van der Waals surface area contributed by atoms with E-state index in [1.165, 1.54) is 4.31 Å². The van der Waals surface area contributed by atoms with E-state index in [9.17, 15) is 8.42 Å². The van der Waals surface area contributed by atoms with E-state index in [2.05, 4.69) is 0 Å². The van der Waals surface area contributed by atoms with Crippen LogP contribution in [-0.4, -0.2) is 45.4 Å². The fourth-order valence-corrected chi connectivity index (χ4v) is 3.38. The summed E-state index contributed by atoms with van der Waals surface area (Å²) in [5.41, 5.74) is 1.04. The van der Waals surface area contributed by atoms with Crippen LogP contribution in [0.15, 0.2) is 29.2 Å². The zero-order chi connectivity index (χ0) is 14.3. The van der Waals surface area contributed by atoms with Gasteiger partial charge < -0.3 is 4.74 Å². The standard InChI is InChI=1S/C13H20ClNO3S/c1-3-15(10-11-18-2)19(16,17)13-6-4-12(5-7-13)8-9-14/h4-7H,3,8-11H2,1-2H3. The van der Waals surface area contributed by atoms with E-state index in [1.807, 2.05) is 6.92 Å². The van der Waals surface area contributed by atoms with Gasteiger partial charge in [0.1, 0.15) is 0 Å². The van der Waals surface area contributed by atoms with Gasteiger partial charge in [-0.1, -0.05) is 19.1 Å². The molecule has 0 aromatic heterocycles. The first-order chi connectivity index (χ1) is 9.06. The van der Waals surface area contributed by atoms with Gasteiger partial charge in [0.2, 0.25) is 10.0 Å². The third-order valence-electron chi connectivity index (χ3n) is 2.84. The summed E-state index contributed by atoms with van der Waals surface area (Å²) in [6, 6.07) is 6.87. The largest absolute Gasteiger partial charge is 0.383 e. The van der Waals surface area contributed by atoms with E-state index in [1.54, 1.807) is 31.4 Å². The first-order valence-electron chi connectivity index (χ1n) is 6.20. The quantitative estimate of drug-likeness (QED) is 0.691. The molecule has 0 atom stereocenters. The minimum Gasteiger partial charge on any atom is -0.383 e. The van der Waals surface area contributed by atoms with Crippen LogP contribution in [0, 0.1) is 0 Å². The van der Waals surface area contributed by atoms with Crippen LogP contribution in [0.5, 0.6) is 0 Å². The van der Waals surface area contributed by atoms with Gasteiger partial charge in [0.05, 0.1) is 11.5 Å². The average molecular weight is 306 g/mol. The lowest BCUT2D eigenvalue weighted by molar-refractivity contribution is 0.180. The Morgan fingerprint density at radius 2 is 1.89 bits per heavy atom. The van der Waals surface area contributed by atoms with Crippen LogP contribution in [0.1, 0.15) is 12.5 Å². The molecule has 0 saturated heterocycles. The number of hydrogen-bond acceptors (Lipinski definition) is 3. The first kappa shape index (κ1) is 16.4. The van der Waals surface area contributed by atoms with Crippen LogP contribution in [-0.2, 0) is 21.2 Å². The van der Waals surface area contributed by atoms with Crippen molar-refractivity contribution in [3.63, 3.8) is 0 Å². The zero-order valence-electron chi connectivity index (χ0n) is 11.3. The molecule has 0 aliphatic heterocycles. The predicted octanol–water partition coefficient (Wildman–Crippen LogP) is 2.12. The molecular weight excluding hydrogens is 286 g/mol. The first-order valence-corrected chi connectivity index (χ1v) is 8.17. The lowest BCUT2D eigenvalue weighted by Gasteiger charge is -2.20. The monoisotopic (exact) mass is 305 g/mol. The van der Waals surface area contributed by atoms with Crippen molar-refractivity contribution >= 4 is 21.6 Å². The molecule has 19 heavy (non-hydrogen) atoms. The molecule has 1 aromatic rings. The van der Waals surface area contributed by atoms with Crippen molar-refractivity contribution in [3.8, 4) is 0 Å². The second kappa shape index (κ2) is 7.85. The fourth-order valence-electron chi connectivity index (χ4n) is 1.73. The molecule has 0 aliphatic carbocycles. The molecule has 0 bridgehead atoms. The number of sulfonamides is 1. The average Bonchev–Trinajstić information content (AvgIpc) is 2.40. The van der Waals surface area contributed by atoms with Gasteiger partial charge in [-0.2, -0.15) is 4.31 Å². The summed E-state index contributed by atoms with van der Waals surface area (Å²) < 4.78 is 31.1. The molecular formula is C13H20ClNO3S. The minimum atomic E-state index is -3.43. The smallest absolute Gasteiger partial charge is 0.243 e. The van der Waals surface area contributed by atoms with Gasteiger partial charge in [0.15, 0.2) is 0 Å². The lowest BCUT2D eigenvalue weighted by Crippen LogP contribution is -2.33. The van der Waals surface area contributed by atoms with Crippen molar-refractivity contribution in [1.82, 2.24) is 4.31 Å². The van der Waals surface area contributed by atoms with Crippen LogP contribution in [0.3, 0.4) is 0 Å². The molecule has 0 radical (unpaired) electrons. The second-order valence-corrected chi connectivity index (χ2v) is 6.39. The topological polar surface area (TPSA) is 46.6 Å². The van der Waals surface area contributed by atoms with E-state index >= 15 is 0 Å². The van der Waals surface area contributed by atoms with Gasteiger partial charge in [-0.05, 0) is 24.1 Å². The Bertz CT molecular complexity index is 473. The molecule has 1 aromatic carbocycles. The van der Waals surface area contributed by atoms with Crippen molar-refractivity contribution in [2.45, 2.75) is 18.2 Å². The maximum atomic E-state index is 12.4. The minimum absolute atomic E-state index is 0.309. The van der Waals surface area contributed by atoms with Gasteiger partial charge in [0, 0.05) is 26.1 Å². The van der Waals surface area contributed by atoms with Crippen LogP contribution < -0.4 is 0 Å². The predicted molar refractivity (Wildman–Crippen MR) is 77.2 cm³/mol. The van der Waals surface area contributed by atoms with E-state index in [4.69, 9.17) is 16.3 Å². The molecule has 0 fully saturated rings. The third-order valence-corrected chi connectivity index (χ3v) is 5.02. The normalized spacial score (nSPS) is 12.0. The molecule has 0 aliphatic rings. The summed E-state index contributed by atoms with van der Waals surface area (Å²) in [5.74, 6) is 0.529. The van der Waals surface area contributed by atoms with E-state index in [0.29, 0.717) is 30.5 Å². The number of halogens is 1. The van der Waals surface area contributed by atoms with Gasteiger partial charge >= 0.3 is 0 Å². The SMILES string of the molecule is CCN(CCOC)S(=O)(=O)c1ccc(CCCl)cc1. The maximum Gasteiger partial charge on any atom is 0.243 e. The number of ether oxygens (including phenoxy) is 1. The number of aryl methyl sites for hydroxylation is 1. The highest BCUT2D eigenvalue weighted by molar-refractivity contribution is 7.89. The molecule has 0 saturated carbocycles. The fraction of sp³-hybridized carbons (Fsp3) is 0.538. The lowest BCUT2D eigenvalue weighted by atomic mass is 10.2. The zero-order valence-corrected chi connectivity index (χ0v) is 12.9. The highest BCUT2D eigenvalue weighted by Gasteiger charge is 2.22. The molecule has 0 spiro atoms. The number of benzene rings is 1. The number of hydrogen-bond donors (Lipinski definition) is 0. The Morgan fingerprint density at radius 3 is 2.37 bits per heavy atom. The molecule has 0 amide bonds. The van der Waals surface area contributed by atoms with E-state index in [0.717, 1.165) is 12.0 Å². The Morgan fingerprint density at radius 1 is 1.26 bits per heavy atom. The van der Waals surface area contributed by atoms with Crippen molar-refractivity contribution in [2.75, 3.05) is 32.7 Å². The summed E-state index contributed by atoms with van der Waals surface area (Å²) >= 11 is 5.66. The van der Waals surface area contributed by atoms with Gasteiger partial charge in [-0.25, -0.2) is 8.42 Å².